The normalized spacial score (nSPS) is 10.2. The average Bonchev–Trinajstić information content (AvgIpc) is 2.72. The van der Waals surface area contributed by atoms with E-state index in [0.29, 0.717) is 16.9 Å². The van der Waals surface area contributed by atoms with Crippen LogP contribution in [-0.4, -0.2) is 25.5 Å². The molecule has 0 saturated heterocycles. The summed E-state index contributed by atoms with van der Waals surface area (Å²) in [5.41, 5.74) is 2.59. The van der Waals surface area contributed by atoms with E-state index in [1.54, 1.807) is 43.5 Å². The molecule has 0 bridgehead atoms. The summed E-state index contributed by atoms with van der Waals surface area (Å²) in [6.45, 7) is -0.311. The van der Waals surface area contributed by atoms with Crippen LogP contribution in [0.4, 0.5) is 0 Å². The molecule has 0 saturated carbocycles. The van der Waals surface area contributed by atoms with Gasteiger partial charge in [-0.15, -0.1) is 0 Å². The molecule has 0 fully saturated rings. The maximum atomic E-state index is 12.5. The maximum Gasteiger partial charge on any atom is 0.339 e. The molecular weight excluding hydrogens is 328 g/mol. The number of esters is 1. The molecule has 0 aromatic heterocycles. The smallest absolute Gasteiger partial charge is 0.339 e. The molecule has 0 atom stereocenters. The molecule has 0 amide bonds. The molecule has 130 valence electrons. The molecule has 4 heteroatoms. The van der Waals surface area contributed by atoms with Gasteiger partial charge in [0.15, 0.2) is 12.4 Å². The van der Waals surface area contributed by atoms with Crippen molar-refractivity contribution in [2.45, 2.75) is 0 Å². The number of methoxy groups -OCH3 is 1. The molecule has 0 spiro atoms. The lowest BCUT2D eigenvalue weighted by molar-refractivity contribution is 0.0475. The first-order chi connectivity index (χ1) is 12.7. The summed E-state index contributed by atoms with van der Waals surface area (Å²) in [5.74, 6) is -0.125. The molecule has 0 unspecified atom stereocenters. The minimum atomic E-state index is -0.522. The van der Waals surface area contributed by atoms with E-state index in [1.165, 1.54) is 0 Å². The van der Waals surface area contributed by atoms with Crippen LogP contribution in [0.3, 0.4) is 0 Å². The number of Topliss-reactive ketones (excluding diaryl/α,β-unsaturated/α-hetero) is 1. The van der Waals surface area contributed by atoms with Crippen LogP contribution in [0.5, 0.6) is 5.75 Å². The van der Waals surface area contributed by atoms with Gasteiger partial charge in [-0.25, -0.2) is 4.79 Å². The van der Waals surface area contributed by atoms with Gasteiger partial charge in [0.2, 0.25) is 0 Å². The number of ether oxygens (including phenoxy) is 2. The predicted octanol–water partition coefficient (Wildman–Crippen LogP) is 4.40. The first kappa shape index (κ1) is 17.4. The van der Waals surface area contributed by atoms with Gasteiger partial charge in [-0.2, -0.15) is 0 Å². The summed E-state index contributed by atoms with van der Waals surface area (Å²) in [7, 11) is 1.56. The fourth-order valence-electron chi connectivity index (χ4n) is 2.60. The molecule has 3 rings (SSSR count). The minimum absolute atomic E-state index is 0.266. The fraction of sp³-hybridized carbons (Fsp3) is 0.0909. The molecule has 26 heavy (non-hydrogen) atoms. The monoisotopic (exact) mass is 346 g/mol. The lowest BCUT2D eigenvalue weighted by Crippen LogP contribution is -2.15. The maximum absolute atomic E-state index is 12.5. The molecule has 0 N–H and O–H groups in total. The summed E-state index contributed by atoms with van der Waals surface area (Å²) >= 11 is 0. The molecule has 0 aliphatic heterocycles. The van der Waals surface area contributed by atoms with E-state index in [9.17, 15) is 9.59 Å². The largest absolute Gasteiger partial charge is 0.497 e. The van der Waals surface area contributed by atoms with Crippen LogP contribution in [0.15, 0.2) is 78.9 Å². The Morgan fingerprint density at radius 3 is 2.15 bits per heavy atom. The fourth-order valence-corrected chi connectivity index (χ4v) is 2.60. The quantitative estimate of drug-likeness (QED) is 0.490. The van der Waals surface area contributed by atoms with Crippen molar-refractivity contribution < 1.29 is 19.1 Å². The summed E-state index contributed by atoms with van der Waals surface area (Å²) in [4.78, 5) is 24.7. The Balaban J connectivity index is 1.71. The van der Waals surface area contributed by atoms with Crippen molar-refractivity contribution in [2.24, 2.45) is 0 Å². The van der Waals surface area contributed by atoms with Gasteiger partial charge in [0.05, 0.1) is 12.7 Å². The Labute approximate surface area is 152 Å². The highest BCUT2D eigenvalue weighted by Gasteiger charge is 2.16. The summed E-state index contributed by atoms with van der Waals surface area (Å²) < 4.78 is 10.3. The van der Waals surface area contributed by atoms with Crippen LogP contribution >= 0.6 is 0 Å². The Hall–Kier alpha value is -3.40. The summed E-state index contributed by atoms with van der Waals surface area (Å²) in [6, 6.07) is 23.4. The highest BCUT2D eigenvalue weighted by molar-refractivity contribution is 6.01. The van der Waals surface area contributed by atoms with E-state index in [2.05, 4.69) is 0 Å². The molecule has 0 heterocycles. The van der Waals surface area contributed by atoms with Crippen LogP contribution in [0.2, 0.25) is 0 Å². The average molecular weight is 346 g/mol. The van der Waals surface area contributed by atoms with Crippen molar-refractivity contribution in [3.05, 3.63) is 90.0 Å². The van der Waals surface area contributed by atoms with Crippen LogP contribution < -0.4 is 4.74 Å². The highest BCUT2D eigenvalue weighted by Crippen LogP contribution is 2.24. The summed E-state index contributed by atoms with van der Waals surface area (Å²) in [6.07, 6.45) is 0. The number of carbonyl (C=O) groups is 2. The SMILES string of the molecule is COc1ccc(C(=O)COC(=O)c2ccccc2-c2ccccc2)cc1. The first-order valence-electron chi connectivity index (χ1n) is 8.18. The molecule has 0 aliphatic carbocycles. The van der Waals surface area contributed by atoms with Gasteiger partial charge >= 0.3 is 5.97 Å². The van der Waals surface area contributed by atoms with Crippen LogP contribution in [0.1, 0.15) is 20.7 Å². The third-order valence-electron chi connectivity index (χ3n) is 3.98. The summed E-state index contributed by atoms with van der Waals surface area (Å²) in [5, 5.41) is 0. The van der Waals surface area contributed by atoms with Crippen molar-refractivity contribution in [2.75, 3.05) is 13.7 Å². The molecule has 3 aromatic rings. The molecule has 4 nitrogen and oxygen atoms in total. The van der Waals surface area contributed by atoms with E-state index in [0.717, 1.165) is 11.1 Å². The second-order valence-electron chi connectivity index (χ2n) is 5.64. The van der Waals surface area contributed by atoms with E-state index in [4.69, 9.17) is 9.47 Å². The van der Waals surface area contributed by atoms with Crippen LogP contribution in [0, 0.1) is 0 Å². The Kier molecular flexibility index (Phi) is 5.44. The van der Waals surface area contributed by atoms with Gasteiger partial charge < -0.3 is 9.47 Å². The van der Waals surface area contributed by atoms with E-state index in [1.807, 2.05) is 42.5 Å². The molecular formula is C22H18O4. The topological polar surface area (TPSA) is 52.6 Å². The third-order valence-corrected chi connectivity index (χ3v) is 3.98. The zero-order chi connectivity index (χ0) is 18.4. The van der Waals surface area contributed by atoms with Crippen molar-refractivity contribution in [1.29, 1.82) is 0 Å². The van der Waals surface area contributed by atoms with Crippen molar-refractivity contribution in [3.8, 4) is 16.9 Å². The third kappa shape index (κ3) is 3.98. The number of hydrogen-bond acceptors (Lipinski definition) is 4. The molecule has 0 radical (unpaired) electrons. The zero-order valence-electron chi connectivity index (χ0n) is 14.3. The van der Waals surface area contributed by atoms with Crippen LogP contribution in [-0.2, 0) is 4.74 Å². The van der Waals surface area contributed by atoms with Crippen molar-refractivity contribution in [3.63, 3.8) is 0 Å². The van der Waals surface area contributed by atoms with Gasteiger partial charge in [0, 0.05) is 5.56 Å². The first-order valence-corrected chi connectivity index (χ1v) is 8.18. The number of benzene rings is 3. The van der Waals surface area contributed by atoms with Crippen molar-refractivity contribution >= 4 is 11.8 Å². The minimum Gasteiger partial charge on any atom is -0.497 e. The Morgan fingerprint density at radius 2 is 1.46 bits per heavy atom. The Morgan fingerprint density at radius 1 is 0.808 bits per heavy atom. The van der Waals surface area contributed by atoms with Gasteiger partial charge in [-0.05, 0) is 41.5 Å². The predicted molar refractivity (Wildman–Crippen MR) is 99.5 cm³/mol. The van der Waals surface area contributed by atoms with Gasteiger partial charge in [0.1, 0.15) is 5.75 Å². The number of carbonyl (C=O) groups excluding carboxylic acids is 2. The van der Waals surface area contributed by atoms with Gasteiger partial charge in [0.25, 0.3) is 0 Å². The number of hydrogen-bond donors (Lipinski definition) is 0. The molecule has 0 aliphatic rings. The van der Waals surface area contributed by atoms with Crippen molar-refractivity contribution in [1.82, 2.24) is 0 Å². The standard InChI is InChI=1S/C22H18O4/c1-25-18-13-11-17(12-14-18)21(23)15-26-22(24)20-10-6-5-9-19(20)16-7-3-2-4-8-16/h2-14H,15H2,1H3. The lowest BCUT2D eigenvalue weighted by Gasteiger charge is -2.10. The molecule has 3 aromatic carbocycles. The van der Waals surface area contributed by atoms with E-state index >= 15 is 0 Å². The van der Waals surface area contributed by atoms with E-state index in [-0.39, 0.29) is 12.4 Å². The lowest BCUT2D eigenvalue weighted by atomic mass is 10.00. The second kappa shape index (κ2) is 8.12. The van der Waals surface area contributed by atoms with Crippen LogP contribution in [0.25, 0.3) is 11.1 Å². The number of ketones is 1. The van der Waals surface area contributed by atoms with E-state index < -0.39 is 5.97 Å². The zero-order valence-corrected chi connectivity index (χ0v) is 14.3. The second-order valence-corrected chi connectivity index (χ2v) is 5.64. The highest BCUT2D eigenvalue weighted by atomic mass is 16.5. The Bertz CT molecular complexity index is 899. The van der Waals surface area contributed by atoms with Gasteiger partial charge in [-0.1, -0.05) is 48.5 Å². The number of rotatable bonds is 6. The van der Waals surface area contributed by atoms with Gasteiger partial charge in [-0.3, -0.25) is 4.79 Å².